The highest BCUT2D eigenvalue weighted by Crippen LogP contribution is 2.42. The summed E-state index contributed by atoms with van der Waals surface area (Å²) in [6.45, 7) is 3.15. The van der Waals surface area contributed by atoms with Gasteiger partial charge in [-0.15, -0.1) is 0 Å². The number of nitrogens with zero attached hydrogens (tertiary/aromatic N) is 3. The molecule has 2 aromatic heterocycles. The topological polar surface area (TPSA) is 90.1 Å². The Morgan fingerprint density at radius 1 is 1.21 bits per heavy atom. The number of hydrogen-bond donors (Lipinski definition) is 1. The van der Waals surface area contributed by atoms with E-state index in [4.69, 9.17) is 14.2 Å². The third-order valence-corrected chi connectivity index (χ3v) is 6.03. The summed E-state index contributed by atoms with van der Waals surface area (Å²) in [5, 5.41) is 7.09. The van der Waals surface area contributed by atoms with Gasteiger partial charge in [0.05, 0.1) is 23.6 Å². The summed E-state index contributed by atoms with van der Waals surface area (Å²) in [5.74, 6) is 3.26. The van der Waals surface area contributed by atoms with Crippen LogP contribution in [0.3, 0.4) is 0 Å². The quantitative estimate of drug-likeness (QED) is 0.728. The fraction of sp³-hybridized carbons (Fsp3) is 0.636. The molecule has 0 atom stereocenters. The van der Waals surface area contributed by atoms with E-state index in [9.17, 15) is 4.79 Å². The number of aromatic nitrogens is 3. The summed E-state index contributed by atoms with van der Waals surface area (Å²) >= 11 is 0. The maximum Gasteiger partial charge on any atom is 0.222 e. The summed E-state index contributed by atoms with van der Waals surface area (Å²) in [4.78, 5) is 21.4. The van der Waals surface area contributed by atoms with E-state index in [0.717, 1.165) is 60.8 Å². The lowest BCUT2D eigenvalue weighted by Crippen LogP contribution is -2.31. The first kappa shape index (κ1) is 20.0. The third-order valence-electron chi connectivity index (χ3n) is 6.03. The molecule has 4 rings (SSSR count). The Labute approximate surface area is 171 Å². The number of carbonyl (C=O) groups is 1. The molecule has 2 aliphatic carbocycles. The molecular formula is C22H30N4O3. The van der Waals surface area contributed by atoms with Crippen molar-refractivity contribution in [3.63, 3.8) is 0 Å². The van der Waals surface area contributed by atoms with Crippen molar-refractivity contribution in [3.05, 3.63) is 29.5 Å². The van der Waals surface area contributed by atoms with Gasteiger partial charge < -0.3 is 14.6 Å². The van der Waals surface area contributed by atoms with Gasteiger partial charge in [-0.1, -0.05) is 5.16 Å². The average Bonchev–Trinajstić information content (AvgIpc) is 3.51. The van der Waals surface area contributed by atoms with Crippen molar-refractivity contribution in [2.75, 3.05) is 20.3 Å². The van der Waals surface area contributed by atoms with Crippen LogP contribution in [0.5, 0.6) is 0 Å². The highest BCUT2D eigenvalue weighted by Gasteiger charge is 2.31. The number of hydrogen-bond acceptors (Lipinski definition) is 6. The SMILES string of the molecule is COCCC(=O)NCC1CCC(c2nc(C3CC3)ncc2-c2cc(C)no2)CC1. The minimum atomic E-state index is 0.0711. The molecule has 2 saturated carbocycles. The van der Waals surface area contributed by atoms with Gasteiger partial charge >= 0.3 is 0 Å². The van der Waals surface area contributed by atoms with E-state index in [1.807, 2.05) is 19.2 Å². The second-order valence-corrected chi connectivity index (χ2v) is 8.40. The van der Waals surface area contributed by atoms with Crippen LogP contribution in [-0.2, 0) is 9.53 Å². The number of methoxy groups -OCH3 is 1. The average molecular weight is 399 g/mol. The molecule has 0 aliphatic heterocycles. The Balaban J connectivity index is 1.42. The minimum Gasteiger partial charge on any atom is -0.384 e. The van der Waals surface area contributed by atoms with Gasteiger partial charge in [0, 0.05) is 44.2 Å². The molecule has 156 valence electrons. The lowest BCUT2D eigenvalue weighted by atomic mass is 9.79. The largest absolute Gasteiger partial charge is 0.384 e. The van der Waals surface area contributed by atoms with E-state index in [1.165, 1.54) is 12.8 Å². The maximum absolute atomic E-state index is 11.8. The van der Waals surface area contributed by atoms with Crippen molar-refractivity contribution in [2.24, 2.45) is 5.92 Å². The van der Waals surface area contributed by atoms with Gasteiger partial charge in [0.15, 0.2) is 5.76 Å². The lowest BCUT2D eigenvalue weighted by molar-refractivity contribution is -0.122. The molecule has 0 saturated heterocycles. The molecule has 7 nitrogen and oxygen atoms in total. The zero-order valence-corrected chi connectivity index (χ0v) is 17.3. The first-order valence-corrected chi connectivity index (χ1v) is 10.7. The van der Waals surface area contributed by atoms with E-state index in [-0.39, 0.29) is 5.91 Å². The van der Waals surface area contributed by atoms with Crippen molar-refractivity contribution in [3.8, 4) is 11.3 Å². The summed E-state index contributed by atoms with van der Waals surface area (Å²) in [6, 6.07) is 1.96. The number of nitrogens with one attached hydrogen (secondary N) is 1. The fourth-order valence-corrected chi connectivity index (χ4v) is 4.12. The van der Waals surface area contributed by atoms with Gasteiger partial charge in [0.25, 0.3) is 0 Å². The summed E-state index contributed by atoms with van der Waals surface area (Å²) in [6.07, 6.45) is 9.06. The van der Waals surface area contributed by atoms with Crippen molar-refractivity contribution in [1.29, 1.82) is 0 Å². The highest BCUT2D eigenvalue weighted by molar-refractivity contribution is 5.75. The number of ether oxygens (including phenoxy) is 1. The summed E-state index contributed by atoms with van der Waals surface area (Å²) in [5.41, 5.74) is 2.96. The minimum absolute atomic E-state index is 0.0711. The predicted octanol–water partition coefficient (Wildman–Crippen LogP) is 3.74. The van der Waals surface area contributed by atoms with E-state index < -0.39 is 0 Å². The van der Waals surface area contributed by atoms with Crippen LogP contribution in [0.15, 0.2) is 16.8 Å². The normalized spacial score (nSPS) is 21.9. The standard InChI is InChI=1S/C22H30N4O3/c1-14-11-19(29-26-14)18-13-24-22(17-7-8-17)25-21(18)16-5-3-15(4-6-16)12-23-20(27)9-10-28-2/h11,13,15-17H,3-10,12H2,1-2H3,(H,23,27). The molecule has 2 aromatic rings. The first-order chi connectivity index (χ1) is 14.1. The molecule has 0 spiro atoms. The zero-order chi connectivity index (χ0) is 20.2. The van der Waals surface area contributed by atoms with Gasteiger partial charge in [0.1, 0.15) is 5.82 Å². The Morgan fingerprint density at radius 2 is 1.97 bits per heavy atom. The van der Waals surface area contributed by atoms with Crippen LogP contribution in [0.25, 0.3) is 11.3 Å². The molecule has 7 heteroatoms. The Bertz CT molecular complexity index is 838. The van der Waals surface area contributed by atoms with E-state index in [2.05, 4.69) is 15.5 Å². The molecule has 1 N–H and O–H groups in total. The molecule has 2 fully saturated rings. The molecule has 29 heavy (non-hydrogen) atoms. The van der Waals surface area contributed by atoms with Crippen molar-refractivity contribution in [1.82, 2.24) is 20.4 Å². The molecule has 0 bridgehead atoms. The van der Waals surface area contributed by atoms with Crippen LogP contribution >= 0.6 is 0 Å². The van der Waals surface area contributed by atoms with Crippen LogP contribution < -0.4 is 5.32 Å². The van der Waals surface area contributed by atoms with Gasteiger partial charge in [0.2, 0.25) is 5.91 Å². The van der Waals surface area contributed by atoms with Crippen LogP contribution in [0.2, 0.25) is 0 Å². The van der Waals surface area contributed by atoms with Gasteiger partial charge in [-0.2, -0.15) is 0 Å². The van der Waals surface area contributed by atoms with Crippen LogP contribution in [0, 0.1) is 12.8 Å². The number of carbonyl (C=O) groups excluding carboxylic acids is 1. The predicted molar refractivity (Wildman–Crippen MR) is 108 cm³/mol. The third kappa shape index (κ3) is 5.01. The number of rotatable bonds is 8. The monoisotopic (exact) mass is 398 g/mol. The van der Waals surface area contributed by atoms with E-state index >= 15 is 0 Å². The summed E-state index contributed by atoms with van der Waals surface area (Å²) < 4.78 is 10.5. The smallest absolute Gasteiger partial charge is 0.222 e. The van der Waals surface area contributed by atoms with Gasteiger partial charge in [-0.25, -0.2) is 9.97 Å². The molecule has 2 aliphatic rings. The molecule has 1 amide bonds. The molecule has 0 unspecified atom stereocenters. The first-order valence-electron chi connectivity index (χ1n) is 10.7. The van der Waals surface area contributed by atoms with Crippen LogP contribution in [0.4, 0.5) is 0 Å². The van der Waals surface area contributed by atoms with Crippen molar-refractivity contribution >= 4 is 5.91 Å². The lowest BCUT2D eigenvalue weighted by Gasteiger charge is -2.29. The highest BCUT2D eigenvalue weighted by atomic mass is 16.5. The molecule has 0 aromatic carbocycles. The van der Waals surface area contributed by atoms with E-state index in [0.29, 0.717) is 30.8 Å². The van der Waals surface area contributed by atoms with Crippen LogP contribution in [-0.4, -0.2) is 41.3 Å². The van der Waals surface area contributed by atoms with Crippen molar-refractivity contribution < 1.29 is 14.1 Å². The zero-order valence-electron chi connectivity index (χ0n) is 17.3. The van der Waals surface area contributed by atoms with Gasteiger partial charge in [-0.05, 0) is 51.4 Å². The Kier molecular flexibility index (Phi) is 6.23. The van der Waals surface area contributed by atoms with Crippen molar-refractivity contribution in [2.45, 2.75) is 63.7 Å². The second kappa shape index (κ2) is 9.03. The second-order valence-electron chi connectivity index (χ2n) is 8.40. The molecule has 0 radical (unpaired) electrons. The Hall–Kier alpha value is -2.28. The fourth-order valence-electron chi connectivity index (χ4n) is 4.12. The Morgan fingerprint density at radius 3 is 2.62 bits per heavy atom. The molecular weight excluding hydrogens is 368 g/mol. The summed E-state index contributed by atoms with van der Waals surface area (Å²) in [7, 11) is 1.62. The molecule has 2 heterocycles. The van der Waals surface area contributed by atoms with Gasteiger partial charge in [-0.3, -0.25) is 4.79 Å². The maximum atomic E-state index is 11.8. The number of amides is 1. The number of aryl methyl sites for hydroxylation is 1. The van der Waals surface area contributed by atoms with Crippen LogP contribution in [0.1, 0.15) is 74.0 Å². The van der Waals surface area contributed by atoms with E-state index in [1.54, 1.807) is 7.11 Å².